The minimum atomic E-state index is -3.31. The molecule has 6 heteroatoms. The Morgan fingerprint density at radius 3 is 2.57 bits per heavy atom. The summed E-state index contributed by atoms with van der Waals surface area (Å²) in [6, 6.07) is 0.452. The van der Waals surface area contributed by atoms with Gasteiger partial charge in [-0.15, -0.1) is 0 Å². The molecule has 5 nitrogen and oxygen atoms in total. The van der Waals surface area contributed by atoms with E-state index in [1.54, 1.807) is 4.31 Å². The predicted molar refractivity (Wildman–Crippen MR) is 86.3 cm³/mol. The van der Waals surface area contributed by atoms with E-state index in [9.17, 15) is 8.42 Å². The standard InChI is InChI=1S/C15H31N3O2S/c1-13(2)16-10-14-6-4-9-18(11-14)21(19,20)17-12-15(3)7-5-8-15/h13-14,16-17H,4-12H2,1-3H3. The Morgan fingerprint density at radius 2 is 2.00 bits per heavy atom. The van der Waals surface area contributed by atoms with Gasteiger partial charge in [0.2, 0.25) is 0 Å². The summed E-state index contributed by atoms with van der Waals surface area (Å²) in [7, 11) is -3.31. The molecule has 2 aliphatic rings. The zero-order valence-corrected chi connectivity index (χ0v) is 14.5. The summed E-state index contributed by atoms with van der Waals surface area (Å²) in [5.74, 6) is 0.428. The molecule has 124 valence electrons. The van der Waals surface area contributed by atoms with Gasteiger partial charge in [0, 0.05) is 25.7 Å². The number of hydrogen-bond donors (Lipinski definition) is 2. The van der Waals surface area contributed by atoms with Gasteiger partial charge in [0.05, 0.1) is 0 Å². The van der Waals surface area contributed by atoms with Crippen molar-refractivity contribution in [1.29, 1.82) is 0 Å². The predicted octanol–water partition coefficient (Wildman–Crippen LogP) is 1.72. The van der Waals surface area contributed by atoms with Crippen molar-refractivity contribution in [1.82, 2.24) is 14.3 Å². The Balaban J connectivity index is 1.83. The third kappa shape index (κ3) is 4.91. The van der Waals surface area contributed by atoms with Crippen LogP contribution in [0.4, 0.5) is 0 Å². The first-order valence-corrected chi connectivity index (χ1v) is 9.73. The van der Waals surface area contributed by atoms with Crippen LogP contribution in [0.1, 0.15) is 52.9 Å². The van der Waals surface area contributed by atoms with E-state index in [4.69, 9.17) is 0 Å². The van der Waals surface area contributed by atoms with Crippen LogP contribution in [-0.2, 0) is 10.2 Å². The Kier molecular flexibility index (Phi) is 5.68. The molecule has 0 aromatic heterocycles. The third-order valence-electron chi connectivity index (χ3n) is 4.88. The first-order chi connectivity index (χ1) is 9.81. The first kappa shape index (κ1) is 17.2. The van der Waals surface area contributed by atoms with E-state index in [0.717, 1.165) is 32.2 Å². The maximum atomic E-state index is 12.5. The fraction of sp³-hybridized carbons (Fsp3) is 1.00. The fourth-order valence-electron chi connectivity index (χ4n) is 3.13. The van der Waals surface area contributed by atoms with Crippen molar-refractivity contribution in [2.45, 2.75) is 58.9 Å². The van der Waals surface area contributed by atoms with Gasteiger partial charge in [0.25, 0.3) is 10.2 Å². The molecule has 2 N–H and O–H groups in total. The summed E-state index contributed by atoms with van der Waals surface area (Å²) in [4.78, 5) is 0. The molecule has 1 unspecified atom stereocenters. The van der Waals surface area contributed by atoms with E-state index in [1.165, 1.54) is 6.42 Å². The highest BCUT2D eigenvalue weighted by atomic mass is 32.2. The average Bonchev–Trinajstić information content (AvgIpc) is 2.41. The van der Waals surface area contributed by atoms with Gasteiger partial charge >= 0.3 is 0 Å². The molecule has 1 heterocycles. The Bertz CT molecular complexity index is 432. The molecule has 0 aromatic rings. The van der Waals surface area contributed by atoms with Gasteiger partial charge in [-0.05, 0) is 43.6 Å². The van der Waals surface area contributed by atoms with Crippen LogP contribution in [0, 0.1) is 11.3 Å². The number of piperidine rings is 1. The second kappa shape index (κ2) is 6.94. The number of hydrogen-bond acceptors (Lipinski definition) is 3. The van der Waals surface area contributed by atoms with Crippen LogP contribution < -0.4 is 10.0 Å². The molecule has 0 radical (unpaired) electrons. The van der Waals surface area contributed by atoms with E-state index >= 15 is 0 Å². The third-order valence-corrected chi connectivity index (χ3v) is 6.40. The van der Waals surface area contributed by atoms with E-state index in [0.29, 0.717) is 31.6 Å². The van der Waals surface area contributed by atoms with Crippen LogP contribution in [0.5, 0.6) is 0 Å². The Hall–Kier alpha value is -0.170. The summed E-state index contributed by atoms with van der Waals surface area (Å²) in [6.45, 7) is 9.21. The molecule has 2 rings (SSSR count). The second-order valence-electron chi connectivity index (χ2n) is 7.42. The molecule has 0 aromatic carbocycles. The lowest BCUT2D eigenvalue weighted by atomic mass is 9.71. The summed E-state index contributed by atoms with van der Waals surface area (Å²) < 4.78 is 29.4. The summed E-state index contributed by atoms with van der Waals surface area (Å²) in [5, 5.41) is 3.42. The van der Waals surface area contributed by atoms with Crippen molar-refractivity contribution in [3.8, 4) is 0 Å². The fourth-order valence-corrected chi connectivity index (χ4v) is 4.62. The van der Waals surface area contributed by atoms with Crippen molar-refractivity contribution >= 4 is 10.2 Å². The van der Waals surface area contributed by atoms with Crippen LogP contribution in [0.15, 0.2) is 0 Å². The quantitative estimate of drug-likeness (QED) is 0.751. The van der Waals surface area contributed by atoms with Crippen molar-refractivity contribution < 1.29 is 8.42 Å². The summed E-state index contributed by atoms with van der Waals surface area (Å²) in [5.41, 5.74) is 0.182. The summed E-state index contributed by atoms with van der Waals surface area (Å²) in [6.07, 6.45) is 5.57. The van der Waals surface area contributed by atoms with E-state index in [-0.39, 0.29) is 5.41 Å². The molecule has 1 saturated carbocycles. The molecular formula is C15H31N3O2S. The molecule has 1 aliphatic carbocycles. The lowest BCUT2D eigenvalue weighted by molar-refractivity contribution is 0.164. The molecular weight excluding hydrogens is 286 g/mol. The van der Waals surface area contributed by atoms with Crippen molar-refractivity contribution in [3.63, 3.8) is 0 Å². The highest BCUT2D eigenvalue weighted by molar-refractivity contribution is 7.87. The van der Waals surface area contributed by atoms with Crippen LogP contribution in [0.3, 0.4) is 0 Å². The largest absolute Gasteiger partial charge is 0.314 e. The van der Waals surface area contributed by atoms with E-state index in [1.807, 2.05) is 0 Å². The van der Waals surface area contributed by atoms with Crippen molar-refractivity contribution in [2.24, 2.45) is 11.3 Å². The lowest BCUT2D eigenvalue weighted by Crippen LogP contribution is -2.50. The normalized spacial score (nSPS) is 26.8. The van der Waals surface area contributed by atoms with E-state index < -0.39 is 10.2 Å². The SMILES string of the molecule is CC(C)NCC1CCCN(S(=O)(=O)NCC2(C)CCC2)C1. The topological polar surface area (TPSA) is 61.4 Å². The van der Waals surface area contributed by atoms with Gasteiger partial charge in [-0.1, -0.05) is 27.2 Å². The van der Waals surface area contributed by atoms with Gasteiger partial charge < -0.3 is 5.32 Å². The van der Waals surface area contributed by atoms with Gasteiger partial charge in [0.1, 0.15) is 0 Å². The van der Waals surface area contributed by atoms with Crippen LogP contribution >= 0.6 is 0 Å². The molecule has 0 bridgehead atoms. The minimum Gasteiger partial charge on any atom is -0.314 e. The van der Waals surface area contributed by atoms with Crippen LogP contribution in [-0.4, -0.2) is 44.9 Å². The van der Waals surface area contributed by atoms with Crippen molar-refractivity contribution in [3.05, 3.63) is 0 Å². The maximum absolute atomic E-state index is 12.5. The lowest BCUT2D eigenvalue weighted by Gasteiger charge is -2.39. The Labute approximate surface area is 130 Å². The number of nitrogens with one attached hydrogen (secondary N) is 2. The molecule has 0 amide bonds. The zero-order valence-electron chi connectivity index (χ0n) is 13.7. The van der Waals surface area contributed by atoms with Gasteiger partial charge in [-0.25, -0.2) is 4.72 Å². The number of nitrogens with zero attached hydrogens (tertiary/aromatic N) is 1. The smallest absolute Gasteiger partial charge is 0.279 e. The highest BCUT2D eigenvalue weighted by Gasteiger charge is 2.35. The Morgan fingerprint density at radius 1 is 1.29 bits per heavy atom. The number of rotatable bonds is 7. The first-order valence-electron chi connectivity index (χ1n) is 8.29. The maximum Gasteiger partial charge on any atom is 0.279 e. The molecule has 0 spiro atoms. The monoisotopic (exact) mass is 317 g/mol. The molecule has 21 heavy (non-hydrogen) atoms. The highest BCUT2D eigenvalue weighted by Crippen LogP contribution is 2.39. The van der Waals surface area contributed by atoms with Gasteiger partial charge in [0.15, 0.2) is 0 Å². The zero-order chi connectivity index (χ0) is 15.5. The average molecular weight is 317 g/mol. The van der Waals surface area contributed by atoms with Crippen LogP contribution in [0.25, 0.3) is 0 Å². The molecule has 1 atom stereocenters. The minimum absolute atomic E-state index is 0.182. The van der Waals surface area contributed by atoms with Gasteiger partial charge in [-0.2, -0.15) is 12.7 Å². The van der Waals surface area contributed by atoms with Crippen LogP contribution in [0.2, 0.25) is 0 Å². The van der Waals surface area contributed by atoms with Crippen molar-refractivity contribution in [2.75, 3.05) is 26.2 Å². The molecule has 1 saturated heterocycles. The van der Waals surface area contributed by atoms with E-state index in [2.05, 4.69) is 30.8 Å². The molecule has 1 aliphatic heterocycles. The summed E-state index contributed by atoms with van der Waals surface area (Å²) >= 11 is 0. The second-order valence-corrected chi connectivity index (χ2v) is 9.17. The molecule has 2 fully saturated rings. The van der Waals surface area contributed by atoms with Gasteiger partial charge in [-0.3, -0.25) is 0 Å².